The second kappa shape index (κ2) is 7.39. The molecule has 1 N–H and O–H groups in total. The van der Waals surface area contributed by atoms with Gasteiger partial charge in [-0.1, -0.05) is 42.5 Å². The van der Waals surface area contributed by atoms with Crippen LogP contribution < -0.4 is 5.32 Å². The predicted molar refractivity (Wildman–Crippen MR) is 92.3 cm³/mol. The Bertz CT molecular complexity index is 874. The molecule has 1 heterocycles. The lowest BCUT2D eigenvalue weighted by Gasteiger charge is -2.09. The summed E-state index contributed by atoms with van der Waals surface area (Å²) in [6.45, 7) is 0.136. The van der Waals surface area contributed by atoms with Crippen molar-refractivity contribution in [2.45, 2.75) is 12.7 Å². The molecule has 0 spiro atoms. The molecule has 0 saturated carbocycles. The molecule has 3 aromatic rings. The zero-order valence-corrected chi connectivity index (χ0v) is 13.6. The molecule has 1 amide bonds. The van der Waals surface area contributed by atoms with Gasteiger partial charge in [-0.3, -0.25) is 9.78 Å². The molecule has 0 radical (unpaired) electrons. The van der Waals surface area contributed by atoms with E-state index in [1.165, 1.54) is 18.3 Å². The van der Waals surface area contributed by atoms with E-state index in [-0.39, 0.29) is 12.5 Å². The molecule has 0 fully saturated rings. The lowest BCUT2D eigenvalue weighted by molar-refractivity contribution is -0.137. The summed E-state index contributed by atoms with van der Waals surface area (Å²) in [6, 6.07) is 17.7. The molecule has 0 aliphatic heterocycles. The minimum absolute atomic E-state index is 0.136. The van der Waals surface area contributed by atoms with Gasteiger partial charge in [0.05, 0.1) is 16.8 Å². The third kappa shape index (κ3) is 4.27. The summed E-state index contributed by atoms with van der Waals surface area (Å²) >= 11 is 0. The average molecular weight is 356 g/mol. The number of hydrogen-bond donors (Lipinski definition) is 1. The summed E-state index contributed by atoms with van der Waals surface area (Å²) in [5.41, 5.74) is 1.96. The van der Waals surface area contributed by atoms with Gasteiger partial charge >= 0.3 is 6.18 Å². The number of alkyl halides is 3. The molecule has 0 aliphatic rings. The van der Waals surface area contributed by atoms with Crippen LogP contribution >= 0.6 is 0 Å². The van der Waals surface area contributed by atoms with Crippen molar-refractivity contribution in [3.05, 3.63) is 89.6 Å². The maximum Gasteiger partial charge on any atom is 0.416 e. The van der Waals surface area contributed by atoms with E-state index in [9.17, 15) is 18.0 Å². The number of hydrogen-bond acceptors (Lipinski definition) is 2. The normalized spacial score (nSPS) is 11.2. The van der Waals surface area contributed by atoms with Crippen molar-refractivity contribution in [3.8, 4) is 11.3 Å². The quantitative estimate of drug-likeness (QED) is 0.736. The third-order valence-corrected chi connectivity index (χ3v) is 3.83. The highest BCUT2D eigenvalue weighted by molar-refractivity contribution is 5.94. The van der Waals surface area contributed by atoms with E-state index in [0.29, 0.717) is 11.1 Å². The maximum absolute atomic E-state index is 12.5. The van der Waals surface area contributed by atoms with Gasteiger partial charge in [-0.05, 0) is 29.8 Å². The lowest BCUT2D eigenvalue weighted by atomic mass is 10.1. The summed E-state index contributed by atoms with van der Waals surface area (Å²) in [5.74, 6) is -0.336. The lowest BCUT2D eigenvalue weighted by Crippen LogP contribution is -2.23. The number of amides is 1. The van der Waals surface area contributed by atoms with Crippen molar-refractivity contribution in [2.24, 2.45) is 0 Å². The molecule has 3 nitrogen and oxygen atoms in total. The zero-order chi connectivity index (χ0) is 18.6. The number of nitrogens with one attached hydrogen (secondary N) is 1. The molecule has 0 bridgehead atoms. The standard InChI is InChI=1S/C20H15F3N2O/c21-20(22,23)17-9-6-14(7-10-17)12-25-19(26)16-8-11-18(24-13-16)15-4-2-1-3-5-15/h1-11,13H,12H2,(H,25,26). The molecule has 0 unspecified atom stereocenters. The Hall–Kier alpha value is -3.15. The number of benzene rings is 2. The minimum Gasteiger partial charge on any atom is -0.348 e. The second-order valence-corrected chi connectivity index (χ2v) is 5.68. The second-order valence-electron chi connectivity index (χ2n) is 5.68. The van der Waals surface area contributed by atoms with Crippen molar-refractivity contribution in [2.75, 3.05) is 0 Å². The molecule has 0 saturated heterocycles. The van der Waals surface area contributed by atoms with Gasteiger partial charge in [0.25, 0.3) is 5.91 Å². The molecule has 1 aromatic heterocycles. The number of aromatic nitrogens is 1. The zero-order valence-electron chi connectivity index (χ0n) is 13.6. The first-order valence-corrected chi connectivity index (χ1v) is 7.89. The number of rotatable bonds is 4. The van der Waals surface area contributed by atoms with Crippen LogP contribution in [0.2, 0.25) is 0 Å². The Balaban J connectivity index is 1.61. The van der Waals surface area contributed by atoms with Crippen molar-refractivity contribution in [3.63, 3.8) is 0 Å². The van der Waals surface area contributed by atoms with Crippen LogP contribution in [0.4, 0.5) is 13.2 Å². The summed E-state index contributed by atoms with van der Waals surface area (Å²) in [5, 5.41) is 2.67. The highest BCUT2D eigenvalue weighted by Gasteiger charge is 2.29. The monoisotopic (exact) mass is 356 g/mol. The number of nitrogens with zero attached hydrogens (tertiary/aromatic N) is 1. The first kappa shape index (κ1) is 17.7. The van der Waals surface area contributed by atoms with E-state index >= 15 is 0 Å². The number of halogens is 3. The van der Waals surface area contributed by atoms with Gasteiger partial charge in [0, 0.05) is 18.3 Å². The van der Waals surface area contributed by atoms with Gasteiger partial charge in [-0.2, -0.15) is 13.2 Å². The van der Waals surface area contributed by atoms with Crippen LogP contribution in [0.3, 0.4) is 0 Å². The van der Waals surface area contributed by atoms with Crippen molar-refractivity contribution in [1.82, 2.24) is 10.3 Å². The van der Waals surface area contributed by atoms with E-state index in [4.69, 9.17) is 0 Å². The Morgan fingerprint density at radius 3 is 2.19 bits per heavy atom. The SMILES string of the molecule is O=C(NCc1ccc(C(F)(F)F)cc1)c1ccc(-c2ccccc2)nc1. The van der Waals surface area contributed by atoms with Crippen molar-refractivity contribution in [1.29, 1.82) is 0 Å². The fourth-order valence-electron chi connectivity index (χ4n) is 2.40. The Morgan fingerprint density at radius 2 is 1.62 bits per heavy atom. The predicted octanol–water partition coefficient (Wildman–Crippen LogP) is 4.70. The van der Waals surface area contributed by atoms with E-state index in [1.807, 2.05) is 30.3 Å². The summed E-state index contributed by atoms with van der Waals surface area (Å²) < 4.78 is 37.6. The van der Waals surface area contributed by atoms with Crippen LogP contribution in [0.15, 0.2) is 72.9 Å². The van der Waals surface area contributed by atoms with Crippen LogP contribution in [0, 0.1) is 0 Å². The molecule has 26 heavy (non-hydrogen) atoms. The molecule has 3 rings (SSSR count). The van der Waals surface area contributed by atoms with Crippen LogP contribution in [-0.2, 0) is 12.7 Å². The molecule has 2 aromatic carbocycles. The highest BCUT2D eigenvalue weighted by atomic mass is 19.4. The van der Waals surface area contributed by atoms with Gasteiger partial charge in [0.1, 0.15) is 0 Å². The van der Waals surface area contributed by atoms with Crippen LogP contribution in [0.25, 0.3) is 11.3 Å². The fraction of sp³-hybridized carbons (Fsp3) is 0.100. The van der Waals surface area contributed by atoms with Crippen molar-refractivity contribution < 1.29 is 18.0 Å². The van der Waals surface area contributed by atoms with Gasteiger partial charge in [0.2, 0.25) is 0 Å². The number of carbonyl (C=O) groups is 1. The molecular formula is C20H15F3N2O. The smallest absolute Gasteiger partial charge is 0.348 e. The van der Waals surface area contributed by atoms with Crippen LogP contribution in [0.5, 0.6) is 0 Å². The molecule has 0 aliphatic carbocycles. The van der Waals surface area contributed by atoms with E-state index in [0.717, 1.165) is 23.4 Å². The highest BCUT2D eigenvalue weighted by Crippen LogP contribution is 2.29. The van der Waals surface area contributed by atoms with Crippen molar-refractivity contribution >= 4 is 5.91 Å². The van der Waals surface area contributed by atoms with E-state index in [1.54, 1.807) is 12.1 Å². The van der Waals surface area contributed by atoms with Crippen LogP contribution in [0.1, 0.15) is 21.5 Å². The van der Waals surface area contributed by atoms with Gasteiger partial charge in [0.15, 0.2) is 0 Å². The van der Waals surface area contributed by atoms with E-state index in [2.05, 4.69) is 10.3 Å². The van der Waals surface area contributed by atoms with Gasteiger partial charge < -0.3 is 5.32 Å². The molecule has 6 heteroatoms. The minimum atomic E-state index is -4.37. The van der Waals surface area contributed by atoms with Crippen LogP contribution in [-0.4, -0.2) is 10.9 Å². The fourth-order valence-corrected chi connectivity index (χ4v) is 2.40. The number of carbonyl (C=O) groups excluding carboxylic acids is 1. The van der Waals surface area contributed by atoms with Gasteiger partial charge in [-0.15, -0.1) is 0 Å². The molecule has 0 atom stereocenters. The number of pyridine rings is 1. The first-order chi connectivity index (χ1) is 12.4. The summed E-state index contributed by atoms with van der Waals surface area (Å²) in [6.07, 6.45) is -2.89. The van der Waals surface area contributed by atoms with Gasteiger partial charge in [-0.25, -0.2) is 0 Å². The Kier molecular flexibility index (Phi) is 5.02. The Labute approximate surface area is 148 Å². The third-order valence-electron chi connectivity index (χ3n) is 3.83. The first-order valence-electron chi connectivity index (χ1n) is 7.89. The molecule has 132 valence electrons. The average Bonchev–Trinajstić information content (AvgIpc) is 2.66. The Morgan fingerprint density at radius 1 is 0.923 bits per heavy atom. The largest absolute Gasteiger partial charge is 0.416 e. The summed E-state index contributed by atoms with van der Waals surface area (Å²) in [7, 11) is 0. The topological polar surface area (TPSA) is 42.0 Å². The summed E-state index contributed by atoms with van der Waals surface area (Å²) in [4.78, 5) is 16.4. The van der Waals surface area contributed by atoms with E-state index < -0.39 is 11.7 Å². The molecular weight excluding hydrogens is 341 g/mol. The maximum atomic E-state index is 12.5.